The lowest BCUT2D eigenvalue weighted by Crippen LogP contribution is -2.26. The van der Waals surface area contributed by atoms with E-state index >= 15 is 0 Å². The van der Waals surface area contributed by atoms with Crippen LogP contribution in [0.1, 0.15) is 4.88 Å². The fourth-order valence-electron chi connectivity index (χ4n) is 2.23. The van der Waals surface area contributed by atoms with Gasteiger partial charge >= 0.3 is 0 Å². The van der Waals surface area contributed by atoms with Crippen molar-refractivity contribution in [2.24, 2.45) is 0 Å². The highest BCUT2D eigenvalue weighted by Gasteiger charge is 2.12. The van der Waals surface area contributed by atoms with Crippen LogP contribution in [-0.4, -0.2) is 15.5 Å². The molecule has 3 rings (SSSR count). The highest BCUT2D eigenvalue weighted by atomic mass is 32.1. The Hall–Kier alpha value is -2.80. The van der Waals surface area contributed by atoms with Gasteiger partial charge in [-0.25, -0.2) is 9.37 Å². The number of carbonyl (C=O) groups is 1. The molecule has 24 heavy (non-hydrogen) atoms. The molecule has 0 saturated carbocycles. The molecule has 2 aromatic heterocycles. The summed E-state index contributed by atoms with van der Waals surface area (Å²) in [5.74, 6) is -0.642. The predicted octanol–water partition coefficient (Wildman–Crippen LogP) is 3.06. The third-order valence-corrected chi connectivity index (χ3v) is 4.26. The number of benzene rings is 1. The Labute approximate surface area is 141 Å². The van der Waals surface area contributed by atoms with Crippen LogP contribution in [0.5, 0.6) is 0 Å². The molecule has 1 aromatic carbocycles. The van der Waals surface area contributed by atoms with E-state index < -0.39 is 0 Å². The fourth-order valence-corrected chi connectivity index (χ4v) is 3.08. The summed E-state index contributed by atoms with van der Waals surface area (Å²) < 4.78 is 14.3. The molecule has 0 aliphatic rings. The van der Waals surface area contributed by atoms with E-state index in [-0.39, 0.29) is 23.8 Å². The number of anilines is 1. The first-order valence-corrected chi connectivity index (χ1v) is 8.03. The monoisotopic (exact) mass is 343 g/mol. The molecule has 122 valence electrons. The third kappa shape index (κ3) is 3.57. The van der Waals surface area contributed by atoms with Crippen molar-refractivity contribution >= 4 is 22.4 Å². The number of nitrogens with one attached hydrogen (secondary N) is 1. The Balaban J connectivity index is 1.75. The molecule has 2 heterocycles. The van der Waals surface area contributed by atoms with Crippen molar-refractivity contribution in [1.82, 2.24) is 9.55 Å². The smallest absolute Gasteiger partial charge is 0.250 e. The number of hydrogen-bond donors (Lipinski definition) is 1. The first kappa shape index (κ1) is 16.1. The van der Waals surface area contributed by atoms with Gasteiger partial charge in [0.25, 0.3) is 5.56 Å². The van der Waals surface area contributed by atoms with Gasteiger partial charge in [0.2, 0.25) is 5.91 Å². The number of rotatable bonds is 4. The number of pyridine rings is 1. The van der Waals surface area contributed by atoms with Crippen LogP contribution in [-0.2, 0) is 11.3 Å². The zero-order valence-corrected chi connectivity index (χ0v) is 13.6. The molecule has 7 heteroatoms. The second-order valence-electron chi connectivity index (χ2n) is 5.15. The maximum absolute atomic E-state index is 13.0. The van der Waals surface area contributed by atoms with Crippen LogP contribution < -0.4 is 10.9 Å². The molecule has 5 nitrogen and oxygen atoms in total. The largest absolute Gasteiger partial charge is 0.306 e. The summed E-state index contributed by atoms with van der Waals surface area (Å²) >= 11 is 1.33. The maximum Gasteiger partial charge on any atom is 0.250 e. The number of aromatic nitrogens is 2. The van der Waals surface area contributed by atoms with Gasteiger partial charge in [0.1, 0.15) is 12.4 Å². The summed E-state index contributed by atoms with van der Waals surface area (Å²) in [5.41, 5.74) is 1.24. The molecule has 1 N–H and O–H groups in total. The number of halogens is 1. The Morgan fingerprint density at radius 2 is 2.00 bits per heavy atom. The van der Waals surface area contributed by atoms with Gasteiger partial charge in [-0.2, -0.15) is 0 Å². The first-order chi connectivity index (χ1) is 11.5. The van der Waals surface area contributed by atoms with Crippen LogP contribution in [0.25, 0.3) is 11.3 Å². The van der Waals surface area contributed by atoms with Gasteiger partial charge in [-0.1, -0.05) is 6.07 Å². The van der Waals surface area contributed by atoms with Gasteiger partial charge in [0.05, 0.1) is 5.69 Å². The average molecular weight is 343 g/mol. The second kappa shape index (κ2) is 6.76. The van der Waals surface area contributed by atoms with Crippen molar-refractivity contribution in [2.75, 3.05) is 5.32 Å². The number of nitrogens with zero attached hydrogens (tertiary/aromatic N) is 2. The molecular formula is C17H14FN3O2S. The fraction of sp³-hybridized carbons (Fsp3) is 0.118. The number of hydrogen-bond acceptors (Lipinski definition) is 4. The van der Waals surface area contributed by atoms with Gasteiger partial charge in [0, 0.05) is 22.7 Å². The zero-order valence-electron chi connectivity index (χ0n) is 12.8. The van der Waals surface area contributed by atoms with Crippen molar-refractivity contribution in [3.63, 3.8) is 0 Å². The van der Waals surface area contributed by atoms with Crippen molar-refractivity contribution in [3.05, 3.63) is 69.7 Å². The normalized spacial score (nSPS) is 10.6. The number of carbonyl (C=O) groups excluding carboxylic acids is 1. The number of aryl methyl sites for hydroxylation is 1. The molecule has 0 aliphatic heterocycles. The Morgan fingerprint density at radius 3 is 2.71 bits per heavy atom. The van der Waals surface area contributed by atoms with Crippen molar-refractivity contribution in [3.8, 4) is 11.3 Å². The molecule has 1 amide bonds. The highest BCUT2D eigenvalue weighted by Crippen LogP contribution is 2.30. The molecule has 3 aromatic rings. The van der Waals surface area contributed by atoms with Crippen LogP contribution in [0, 0.1) is 12.7 Å². The van der Waals surface area contributed by atoms with Gasteiger partial charge in [-0.05, 0) is 37.3 Å². The molecular weight excluding hydrogens is 329 g/mol. The van der Waals surface area contributed by atoms with Gasteiger partial charge in [0.15, 0.2) is 5.13 Å². The molecule has 0 spiro atoms. The summed E-state index contributed by atoms with van der Waals surface area (Å²) in [4.78, 5) is 29.0. The first-order valence-electron chi connectivity index (χ1n) is 7.21. The summed E-state index contributed by atoms with van der Waals surface area (Å²) in [5, 5.41) is 3.14. The molecule has 0 atom stereocenters. The standard InChI is InChI=1S/C17H14FN3O2S/c1-11-16(12-5-7-13(18)8-6-12)20-17(24-11)19-14(22)10-21-9-3-2-4-15(21)23/h2-9H,10H2,1H3,(H,19,20,22). The molecule has 0 radical (unpaired) electrons. The zero-order chi connectivity index (χ0) is 17.1. The average Bonchev–Trinajstić information content (AvgIpc) is 2.90. The van der Waals surface area contributed by atoms with E-state index in [1.54, 1.807) is 30.5 Å². The minimum atomic E-state index is -0.331. The minimum Gasteiger partial charge on any atom is -0.306 e. The number of thiazole rings is 1. The van der Waals surface area contributed by atoms with Crippen LogP contribution in [0.2, 0.25) is 0 Å². The van der Waals surface area contributed by atoms with Gasteiger partial charge in [-0.15, -0.1) is 11.3 Å². The maximum atomic E-state index is 13.0. The van der Waals surface area contributed by atoms with E-state index in [1.165, 1.54) is 34.1 Å². The van der Waals surface area contributed by atoms with Crippen LogP contribution in [0.4, 0.5) is 9.52 Å². The summed E-state index contributed by atoms with van der Waals surface area (Å²) in [6, 6.07) is 10.7. The highest BCUT2D eigenvalue weighted by molar-refractivity contribution is 7.16. The lowest BCUT2D eigenvalue weighted by atomic mass is 10.1. The Bertz CT molecular complexity index is 932. The van der Waals surface area contributed by atoms with Gasteiger partial charge in [-0.3, -0.25) is 9.59 Å². The quantitative estimate of drug-likeness (QED) is 0.792. The molecule has 0 fully saturated rings. The number of amides is 1. The lowest BCUT2D eigenvalue weighted by Gasteiger charge is -2.04. The van der Waals surface area contributed by atoms with Crippen molar-refractivity contribution in [2.45, 2.75) is 13.5 Å². The van der Waals surface area contributed by atoms with Gasteiger partial charge < -0.3 is 9.88 Å². The lowest BCUT2D eigenvalue weighted by molar-refractivity contribution is -0.116. The SMILES string of the molecule is Cc1sc(NC(=O)Cn2ccccc2=O)nc1-c1ccc(F)cc1. The molecule has 0 saturated heterocycles. The van der Waals surface area contributed by atoms with Crippen LogP contribution >= 0.6 is 11.3 Å². The molecule has 0 aliphatic carbocycles. The second-order valence-corrected chi connectivity index (χ2v) is 6.35. The van der Waals surface area contributed by atoms with E-state index in [9.17, 15) is 14.0 Å². The van der Waals surface area contributed by atoms with Crippen molar-refractivity contribution < 1.29 is 9.18 Å². The van der Waals surface area contributed by atoms with E-state index in [4.69, 9.17) is 0 Å². The Kier molecular flexibility index (Phi) is 4.52. The van der Waals surface area contributed by atoms with E-state index in [0.29, 0.717) is 10.8 Å². The summed E-state index contributed by atoms with van der Waals surface area (Å²) in [6.45, 7) is 1.80. The van der Waals surface area contributed by atoms with Crippen LogP contribution in [0.15, 0.2) is 53.5 Å². The third-order valence-electron chi connectivity index (χ3n) is 3.37. The van der Waals surface area contributed by atoms with Crippen LogP contribution in [0.3, 0.4) is 0 Å². The molecule has 0 unspecified atom stereocenters. The molecule has 0 bridgehead atoms. The van der Waals surface area contributed by atoms with Crippen molar-refractivity contribution in [1.29, 1.82) is 0 Å². The van der Waals surface area contributed by atoms with E-state index in [0.717, 1.165) is 10.4 Å². The summed E-state index contributed by atoms with van der Waals surface area (Å²) in [6.07, 6.45) is 1.55. The Morgan fingerprint density at radius 1 is 1.25 bits per heavy atom. The van der Waals surface area contributed by atoms with E-state index in [2.05, 4.69) is 10.3 Å². The predicted molar refractivity (Wildman–Crippen MR) is 91.6 cm³/mol. The topological polar surface area (TPSA) is 64.0 Å². The van der Waals surface area contributed by atoms with E-state index in [1.807, 2.05) is 6.92 Å². The summed E-state index contributed by atoms with van der Waals surface area (Å²) in [7, 11) is 0. The minimum absolute atomic E-state index is 0.0792.